The molecule has 9 heteroatoms. The normalized spacial score (nSPS) is 16.1. The zero-order valence-corrected chi connectivity index (χ0v) is 13.6. The number of aliphatic carboxylic acids is 1. The van der Waals surface area contributed by atoms with Crippen LogP contribution in [0.3, 0.4) is 0 Å². The molecule has 2 rings (SSSR count). The van der Waals surface area contributed by atoms with Crippen LogP contribution in [-0.4, -0.2) is 53.3 Å². The Balaban J connectivity index is 2.27. The van der Waals surface area contributed by atoms with Crippen molar-refractivity contribution in [3.8, 4) is 0 Å². The maximum Gasteiger partial charge on any atom is 0.333 e. The molecule has 1 aliphatic rings. The average Bonchev–Trinajstić information content (AvgIpc) is 2.83. The molecule has 1 heterocycles. The van der Waals surface area contributed by atoms with E-state index in [0.717, 1.165) is 11.0 Å². The van der Waals surface area contributed by atoms with E-state index in [-0.39, 0.29) is 17.7 Å². The zero-order chi connectivity index (χ0) is 19.5. The van der Waals surface area contributed by atoms with Crippen LogP contribution in [0.5, 0.6) is 0 Å². The molecule has 138 valence electrons. The molecule has 0 fully saturated rings. The number of carbonyl (C=O) groups is 4. The molecule has 1 aromatic rings. The van der Waals surface area contributed by atoms with E-state index in [1.54, 1.807) is 12.1 Å². The predicted molar refractivity (Wildman–Crippen MR) is 83.7 cm³/mol. The quantitative estimate of drug-likeness (QED) is 0.341. The number of carboxylic acids is 1. The van der Waals surface area contributed by atoms with Gasteiger partial charge >= 0.3 is 11.9 Å². The van der Waals surface area contributed by atoms with Gasteiger partial charge in [0.25, 0.3) is 18.2 Å². The molecule has 1 aromatic carbocycles. The lowest BCUT2D eigenvalue weighted by Crippen LogP contribution is -2.45. The largest absolute Gasteiger partial charge is 0.480 e. The van der Waals surface area contributed by atoms with Crippen LogP contribution < -0.4 is 0 Å². The number of carboxylic acid groups (broad SMARTS) is 1. The van der Waals surface area contributed by atoms with Gasteiger partial charge in [-0.25, -0.2) is 8.78 Å². The molecule has 1 atom stereocenters. The first-order valence-electron chi connectivity index (χ1n) is 7.59. The second kappa shape index (κ2) is 7.42. The van der Waals surface area contributed by atoms with Crippen molar-refractivity contribution in [1.82, 2.24) is 4.90 Å². The van der Waals surface area contributed by atoms with Gasteiger partial charge in [-0.2, -0.15) is 0 Å². The summed E-state index contributed by atoms with van der Waals surface area (Å²) in [5.41, 5.74) is -2.89. The van der Waals surface area contributed by atoms with Crippen LogP contribution in [0.15, 0.2) is 36.4 Å². The van der Waals surface area contributed by atoms with E-state index in [1.165, 1.54) is 19.1 Å². The number of halogens is 2. The number of esters is 1. The fraction of sp³-hybridized carbons (Fsp3) is 0.294. The van der Waals surface area contributed by atoms with Gasteiger partial charge in [-0.1, -0.05) is 24.3 Å². The minimum Gasteiger partial charge on any atom is -0.480 e. The molecule has 0 spiro atoms. The summed E-state index contributed by atoms with van der Waals surface area (Å²) in [5.74, 6) is -4.99. The van der Waals surface area contributed by atoms with Crippen molar-refractivity contribution in [2.45, 2.75) is 13.3 Å². The van der Waals surface area contributed by atoms with Gasteiger partial charge in [0.2, 0.25) is 5.41 Å². The third-order valence-corrected chi connectivity index (χ3v) is 3.86. The van der Waals surface area contributed by atoms with Crippen LogP contribution in [0.2, 0.25) is 0 Å². The monoisotopic (exact) mass is 367 g/mol. The van der Waals surface area contributed by atoms with Crippen molar-refractivity contribution in [3.05, 3.63) is 47.5 Å². The smallest absolute Gasteiger partial charge is 0.333 e. The van der Waals surface area contributed by atoms with E-state index in [9.17, 15) is 28.0 Å². The number of amides is 2. The van der Waals surface area contributed by atoms with E-state index in [4.69, 9.17) is 5.11 Å². The van der Waals surface area contributed by atoms with Gasteiger partial charge in [0.15, 0.2) is 0 Å². The summed E-state index contributed by atoms with van der Waals surface area (Å²) < 4.78 is 31.2. The number of hydrogen-bond donors (Lipinski definition) is 1. The van der Waals surface area contributed by atoms with E-state index < -0.39 is 42.1 Å². The summed E-state index contributed by atoms with van der Waals surface area (Å²) in [6.45, 7) is 0.596. The molecule has 0 bridgehead atoms. The molecule has 0 aliphatic carbocycles. The highest BCUT2D eigenvalue weighted by Crippen LogP contribution is 2.31. The topological polar surface area (TPSA) is 101 Å². The lowest BCUT2D eigenvalue weighted by atomic mass is 9.88. The molecule has 1 N–H and O–H groups in total. The highest BCUT2D eigenvalue weighted by Gasteiger charge is 2.54. The number of rotatable bonds is 7. The Bertz CT molecular complexity index is 756. The molecule has 0 radical (unpaired) electrons. The molecular weight excluding hydrogens is 352 g/mol. The number of carbonyl (C=O) groups excluding carboxylic acids is 3. The van der Waals surface area contributed by atoms with Crippen LogP contribution in [0.4, 0.5) is 8.78 Å². The van der Waals surface area contributed by atoms with Crippen LogP contribution in [0.1, 0.15) is 27.6 Å². The van der Waals surface area contributed by atoms with Crippen molar-refractivity contribution < 1.29 is 37.8 Å². The number of nitrogens with zero attached hydrogens (tertiary/aromatic N) is 1. The van der Waals surface area contributed by atoms with Crippen LogP contribution in [0.25, 0.3) is 0 Å². The predicted octanol–water partition coefficient (Wildman–Crippen LogP) is 1.74. The van der Waals surface area contributed by atoms with Gasteiger partial charge in [-0.05, 0) is 19.1 Å². The highest BCUT2D eigenvalue weighted by atomic mass is 19.3. The Kier molecular flexibility index (Phi) is 5.49. The lowest BCUT2D eigenvalue weighted by Gasteiger charge is -2.23. The number of fused-ring (bicyclic) bond motifs is 1. The molecule has 0 saturated carbocycles. The van der Waals surface area contributed by atoms with Crippen LogP contribution >= 0.6 is 0 Å². The summed E-state index contributed by atoms with van der Waals surface area (Å²) in [5, 5.41) is 9.15. The summed E-state index contributed by atoms with van der Waals surface area (Å²) in [6.07, 6.45) is -2.25. The van der Waals surface area contributed by atoms with Crippen molar-refractivity contribution in [2.75, 3.05) is 13.2 Å². The first-order chi connectivity index (χ1) is 12.3. The Morgan fingerprint density at radius 1 is 1.23 bits per heavy atom. The molecule has 26 heavy (non-hydrogen) atoms. The van der Waals surface area contributed by atoms with Gasteiger partial charge < -0.3 is 9.84 Å². The molecule has 2 amide bonds. The summed E-state index contributed by atoms with van der Waals surface area (Å²) in [4.78, 5) is 48.3. The van der Waals surface area contributed by atoms with Crippen molar-refractivity contribution >= 4 is 23.8 Å². The first-order valence-corrected chi connectivity index (χ1v) is 7.59. The van der Waals surface area contributed by atoms with Crippen molar-refractivity contribution in [1.29, 1.82) is 0 Å². The molecular formula is C17H15F2NO6. The Morgan fingerprint density at radius 2 is 1.77 bits per heavy atom. The van der Waals surface area contributed by atoms with E-state index in [0.29, 0.717) is 6.08 Å². The minimum absolute atomic E-state index is 0.162. The number of benzene rings is 1. The number of alkyl halides is 2. The molecule has 7 nitrogen and oxygen atoms in total. The van der Waals surface area contributed by atoms with Gasteiger partial charge in [0.05, 0.1) is 17.7 Å². The van der Waals surface area contributed by atoms with Crippen molar-refractivity contribution in [3.63, 3.8) is 0 Å². The Labute approximate surface area is 146 Å². The van der Waals surface area contributed by atoms with E-state index >= 15 is 0 Å². The Morgan fingerprint density at radius 3 is 2.19 bits per heavy atom. The van der Waals surface area contributed by atoms with Gasteiger partial charge in [0.1, 0.15) is 0 Å². The van der Waals surface area contributed by atoms with Gasteiger partial charge in [0, 0.05) is 6.54 Å². The summed E-state index contributed by atoms with van der Waals surface area (Å²) >= 11 is 0. The third kappa shape index (κ3) is 3.07. The summed E-state index contributed by atoms with van der Waals surface area (Å²) in [6, 6.07) is 6.02. The summed E-state index contributed by atoms with van der Waals surface area (Å²) in [7, 11) is 0. The van der Waals surface area contributed by atoms with Gasteiger partial charge in [-0.3, -0.25) is 24.1 Å². The third-order valence-electron chi connectivity index (χ3n) is 3.86. The van der Waals surface area contributed by atoms with Crippen LogP contribution in [0, 0.1) is 5.41 Å². The Hall–Kier alpha value is -3.10. The molecule has 1 aliphatic heterocycles. The van der Waals surface area contributed by atoms with E-state index in [1.807, 2.05) is 0 Å². The second-order valence-electron chi connectivity index (χ2n) is 5.36. The first kappa shape index (κ1) is 19.2. The number of imide groups is 1. The zero-order valence-electron chi connectivity index (χ0n) is 13.6. The minimum atomic E-state index is -3.59. The molecule has 1 unspecified atom stereocenters. The SMILES string of the molecule is CCOC(=O)C(C=CCN1C(=O)c2ccccc2C1=O)(C(=O)O)C(F)F. The standard InChI is InChI=1S/C17H15F2NO6/c1-2-26-16(25)17(14(18)19,15(23)24)8-5-9-20-12(21)10-6-3-4-7-11(10)13(20)22/h3-8,14H,2,9H2,1H3,(H,23,24). The number of ether oxygens (including phenoxy) is 1. The maximum absolute atomic E-state index is 13.4. The fourth-order valence-corrected chi connectivity index (χ4v) is 2.48. The number of hydrogen-bond acceptors (Lipinski definition) is 5. The second-order valence-corrected chi connectivity index (χ2v) is 5.36. The van der Waals surface area contributed by atoms with E-state index in [2.05, 4.69) is 4.74 Å². The fourth-order valence-electron chi connectivity index (χ4n) is 2.48. The lowest BCUT2D eigenvalue weighted by molar-refractivity contribution is -0.174. The molecule has 0 aromatic heterocycles. The molecule has 0 saturated heterocycles. The van der Waals surface area contributed by atoms with Gasteiger partial charge in [-0.15, -0.1) is 0 Å². The average molecular weight is 367 g/mol. The highest BCUT2D eigenvalue weighted by molar-refractivity contribution is 6.21. The maximum atomic E-state index is 13.4. The van der Waals surface area contributed by atoms with Crippen molar-refractivity contribution in [2.24, 2.45) is 5.41 Å². The van der Waals surface area contributed by atoms with Crippen LogP contribution in [-0.2, 0) is 14.3 Å².